The number of hydrogen-bond acceptors (Lipinski definition) is 7. The van der Waals surface area contributed by atoms with Crippen LogP contribution in [0.5, 0.6) is 5.75 Å². The first-order chi connectivity index (χ1) is 17.2. The van der Waals surface area contributed by atoms with Gasteiger partial charge in [-0.15, -0.1) is 10.2 Å². The summed E-state index contributed by atoms with van der Waals surface area (Å²) in [6.45, 7) is 2.85. The number of nitriles is 1. The molecule has 0 aliphatic heterocycles. The summed E-state index contributed by atoms with van der Waals surface area (Å²) in [4.78, 5) is 18.9. The Balaban J connectivity index is 1.62. The molecule has 2 aromatic heterocycles. The fraction of sp³-hybridized carbons (Fsp3) is 0.192. The van der Waals surface area contributed by atoms with Gasteiger partial charge in [0.2, 0.25) is 5.91 Å². The molecule has 0 aliphatic carbocycles. The molecule has 176 valence electrons. The summed E-state index contributed by atoms with van der Waals surface area (Å²) < 4.78 is 7.50. The summed E-state index contributed by atoms with van der Waals surface area (Å²) in [5.41, 5.74) is 2.47. The highest BCUT2D eigenvalue weighted by atomic mass is 32.2. The Kier molecular flexibility index (Phi) is 8.09. The average molecular weight is 485 g/mol. The number of carbonyl (C=O) groups is 1. The van der Waals surface area contributed by atoms with Crippen molar-refractivity contribution in [2.45, 2.75) is 18.5 Å². The Hall–Kier alpha value is -4.16. The number of benzene rings is 2. The van der Waals surface area contributed by atoms with Gasteiger partial charge in [0.05, 0.1) is 24.8 Å². The molecule has 9 heteroatoms. The zero-order valence-corrected chi connectivity index (χ0v) is 20.1. The first-order valence-corrected chi connectivity index (χ1v) is 12.1. The van der Waals surface area contributed by atoms with Crippen molar-refractivity contribution in [2.24, 2.45) is 0 Å². The number of amides is 1. The van der Waals surface area contributed by atoms with Gasteiger partial charge in [-0.3, -0.25) is 14.3 Å². The molecule has 0 saturated heterocycles. The van der Waals surface area contributed by atoms with Crippen LogP contribution in [0.3, 0.4) is 0 Å². The third kappa shape index (κ3) is 5.86. The van der Waals surface area contributed by atoms with E-state index in [1.165, 1.54) is 11.8 Å². The standard InChI is InChI=1S/C26H24N6O2S/c1-2-34-23-11-9-22(10-12-23)32-25(20-13-16-28-17-14-20)29-30-26(32)35-19-24(33)31(18-6-15-27)21-7-4-3-5-8-21/h3-5,7-14,16-17H,2,6,18-19H2,1H3. The summed E-state index contributed by atoms with van der Waals surface area (Å²) in [5.74, 6) is 1.46. The lowest BCUT2D eigenvalue weighted by atomic mass is 10.2. The molecule has 0 radical (unpaired) electrons. The number of anilines is 1. The fourth-order valence-electron chi connectivity index (χ4n) is 3.51. The second kappa shape index (κ2) is 11.8. The van der Waals surface area contributed by atoms with E-state index in [2.05, 4.69) is 21.3 Å². The maximum atomic E-state index is 13.2. The molecule has 8 nitrogen and oxygen atoms in total. The zero-order valence-electron chi connectivity index (χ0n) is 19.2. The van der Waals surface area contributed by atoms with Gasteiger partial charge in [-0.05, 0) is 55.5 Å². The van der Waals surface area contributed by atoms with Crippen molar-refractivity contribution in [3.05, 3.63) is 79.1 Å². The van der Waals surface area contributed by atoms with Crippen LogP contribution in [0, 0.1) is 11.3 Å². The summed E-state index contributed by atoms with van der Waals surface area (Å²) in [7, 11) is 0. The zero-order chi connectivity index (χ0) is 24.5. The number of pyridine rings is 1. The van der Waals surface area contributed by atoms with Crippen LogP contribution >= 0.6 is 11.8 Å². The number of aromatic nitrogens is 4. The molecule has 0 bridgehead atoms. The van der Waals surface area contributed by atoms with Crippen LogP contribution in [-0.2, 0) is 4.79 Å². The lowest BCUT2D eigenvalue weighted by molar-refractivity contribution is -0.116. The Bertz CT molecular complexity index is 1290. The Morgan fingerprint density at radius 1 is 1.06 bits per heavy atom. The van der Waals surface area contributed by atoms with Crippen molar-refractivity contribution >= 4 is 23.4 Å². The number of ether oxygens (including phenoxy) is 1. The second-order valence-electron chi connectivity index (χ2n) is 7.38. The van der Waals surface area contributed by atoms with E-state index in [0.717, 1.165) is 22.7 Å². The molecule has 2 aromatic carbocycles. The molecule has 0 fully saturated rings. The van der Waals surface area contributed by atoms with Crippen LogP contribution in [-0.4, -0.2) is 44.6 Å². The lowest BCUT2D eigenvalue weighted by Crippen LogP contribution is -2.33. The Morgan fingerprint density at radius 2 is 1.80 bits per heavy atom. The molecule has 0 saturated carbocycles. The van der Waals surface area contributed by atoms with E-state index < -0.39 is 0 Å². The first-order valence-electron chi connectivity index (χ1n) is 11.2. The number of nitrogens with zero attached hydrogens (tertiary/aromatic N) is 6. The SMILES string of the molecule is CCOc1ccc(-n2c(SCC(=O)N(CCC#N)c3ccccc3)nnc2-c2ccncc2)cc1. The van der Waals surface area contributed by atoms with Crippen molar-refractivity contribution in [3.8, 4) is 28.9 Å². The van der Waals surface area contributed by atoms with Gasteiger partial charge < -0.3 is 9.64 Å². The normalized spacial score (nSPS) is 10.5. The van der Waals surface area contributed by atoms with Crippen LogP contribution in [0.25, 0.3) is 17.1 Å². The molecule has 0 N–H and O–H groups in total. The van der Waals surface area contributed by atoms with Crippen molar-refractivity contribution in [2.75, 3.05) is 23.8 Å². The average Bonchev–Trinajstić information content (AvgIpc) is 3.33. The van der Waals surface area contributed by atoms with Crippen molar-refractivity contribution in [1.82, 2.24) is 19.7 Å². The number of thioether (sulfide) groups is 1. The Labute approximate surface area is 208 Å². The van der Waals surface area contributed by atoms with Crippen LogP contribution < -0.4 is 9.64 Å². The highest BCUT2D eigenvalue weighted by Crippen LogP contribution is 2.29. The maximum absolute atomic E-state index is 13.2. The van der Waals surface area contributed by atoms with E-state index in [1.807, 2.05) is 78.2 Å². The molecule has 0 spiro atoms. The van der Waals surface area contributed by atoms with Gasteiger partial charge in [-0.25, -0.2) is 0 Å². The number of para-hydroxylation sites is 1. The number of carbonyl (C=O) groups excluding carboxylic acids is 1. The van der Waals surface area contributed by atoms with Crippen molar-refractivity contribution in [3.63, 3.8) is 0 Å². The van der Waals surface area contributed by atoms with E-state index in [1.54, 1.807) is 17.3 Å². The predicted molar refractivity (Wildman–Crippen MR) is 136 cm³/mol. The van der Waals surface area contributed by atoms with Crippen LogP contribution in [0.4, 0.5) is 5.69 Å². The van der Waals surface area contributed by atoms with E-state index in [-0.39, 0.29) is 18.1 Å². The summed E-state index contributed by atoms with van der Waals surface area (Å²) in [5, 5.41) is 18.4. The molecule has 0 aliphatic rings. The highest BCUT2D eigenvalue weighted by molar-refractivity contribution is 7.99. The minimum absolute atomic E-state index is 0.108. The second-order valence-corrected chi connectivity index (χ2v) is 8.32. The van der Waals surface area contributed by atoms with Crippen LogP contribution in [0.15, 0.2) is 84.3 Å². The van der Waals surface area contributed by atoms with Gasteiger partial charge in [0.15, 0.2) is 11.0 Å². The molecule has 35 heavy (non-hydrogen) atoms. The van der Waals surface area contributed by atoms with Gasteiger partial charge in [0.1, 0.15) is 5.75 Å². The van der Waals surface area contributed by atoms with Gasteiger partial charge in [0.25, 0.3) is 0 Å². The molecule has 0 atom stereocenters. The maximum Gasteiger partial charge on any atom is 0.237 e. The van der Waals surface area contributed by atoms with E-state index in [4.69, 9.17) is 10.00 Å². The summed E-state index contributed by atoms with van der Waals surface area (Å²) >= 11 is 1.30. The first kappa shape index (κ1) is 24.0. The van der Waals surface area contributed by atoms with Crippen LogP contribution in [0.1, 0.15) is 13.3 Å². The molecular weight excluding hydrogens is 460 g/mol. The molecular formula is C26H24N6O2S. The minimum atomic E-state index is -0.108. The van der Waals surface area contributed by atoms with Crippen molar-refractivity contribution < 1.29 is 9.53 Å². The van der Waals surface area contributed by atoms with Crippen molar-refractivity contribution in [1.29, 1.82) is 5.26 Å². The van der Waals surface area contributed by atoms with Gasteiger partial charge in [0, 0.05) is 35.9 Å². The fourth-order valence-corrected chi connectivity index (χ4v) is 4.34. The van der Waals surface area contributed by atoms with E-state index in [0.29, 0.717) is 24.1 Å². The third-order valence-electron chi connectivity index (χ3n) is 5.12. The smallest absolute Gasteiger partial charge is 0.237 e. The number of rotatable bonds is 10. The number of hydrogen-bond donors (Lipinski definition) is 0. The molecule has 4 rings (SSSR count). The minimum Gasteiger partial charge on any atom is -0.494 e. The van der Waals surface area contributed by atoms with E-state index in [9.17, 15) is 4.79 Å². The molecule has 2 heterocycles. The van der Waals surface area contributed by atoms with E-state index >= 15 is 0 Å². The Morgan fingerprint density at radius 3 is 2.49 bits per heavy atom. The molecule has 1 amide bonds. The summed E-state index contributed by atoms with van der Waals surface area (Å²) in [6, 6.07) is 22.9. The topological polar surface area (TPSA) is 96.9 Å². The van der Waals surface area contributed by atoms with Gasteiger partial charge in [-0.1, -0.05) is 30.0 Å². The monoisotopic (exact) mass is 484 g/mol. The molecule has 4 aromatic rings. The predicted octanol–water partition coefficient (Wildman–Crippen LogP) is 4.77. The quantitative estimate of drug-likeness (QED) is 0.299. The van der Waals surface area contributed by atoms with Gasteiger partial charge >= 0.3 is 0 Å². The largest absolute Gasteiger partial charge is 0.494 e. The third-order valence-corrected chi connectivity index (χ3v) is 6.03. The van der Waals surface area contributed by atoms with Gasteiger partial charge in [-0.2, -0.15) is 5.26 Å². The molecule has 0 unspecified atom stereocenters. The van der Waals surface area contributed by atoms with Crippen LogP contribution in [0.2, 0.25) is 0 Å². The highest BCUT2D eigenvalue weighted by Gasteiger charge is 2.20. The summed E-state index contributed by atoms with van der Waals surface area (Å²) in [6.07, 6.45) is 3.66. The lowest BCUT2D eigenvalue weighted by Gasteiger charge is -2.21.